The largest absolute Gasteiger partial charge is 0.372 e. The number of fused-ring (bicyclic) bond motifs is 1. The van der Waals surface area contributed by atoms with Crippen LogP contribution in [-0.2, 0) is 0 Å². The Morgan fingerprint density at radius 3 is 3.18 bits per heavy atom. The van der Waals surface area contributed by atoms with Gasteiger partial charge in [0.25, 0.3) is 0 Å². The minimum absolute atomic E-state index is 0.754. The molecule has 0 spiro atoms. The summed E-state index contributed by atoms with van der Waals surface area (Å²) < 4.78 is 1.48. The molecule has 2 rings (SSSR count). The predicted molar refractivity (Wildman–Crippen MR) is 40.3 cm³/mol. The van der Waals surface area contributed by atoms with Crippen LogP contribution in [0.5, 0.6) is 0 Å². The van der Waals surface area contributed by atoms with Gasteiger partial charge in [-0.3, -0.25) is 0 Å². The van der Waals surface area contributed by atoms with Crippen molar-refractivity contribution < 1.29 is 0 Å². The molecule has 0 unspecified atom stereocenters. The first kappa shape index (κ1) is 6.09. The second kappa shape index (κ2) is 2.19. The number of hydrogen-bond acceptors (Lipinski definition) is 4. The first-order chi connectivity index (χ1) is 5.40. The Morgan fingerprint density at radius 2 is 2.36 bits per heavy atom. The topological polar surface area (TPSA) is 55.1 Å². The molecule has 11 heavy (non-hydrogen) atoms. The van der Waals surface area contributed by atoms with Gasteiger partial charge >= 0.3 is 0 Å². The standard InChI is InChI=1S/C6H7N5/c1-7-5-2-3-6-8-4-9-11(6)10-5/h2-4H,1H3,(H,7,10). The molecule has 56 valence electrons. The fourth-order valence-electron chi connectivity index (χ4n) is 0.854. The average Bonchev–Trinajstić information content (AvgIpc) is 2.50. The summed E-state index contributed by atoms with van der Waals surface area (Å²) in [5.41, 5.74) is 0.754. The molecule has 2 heterocycles. The third kappa shape index (κ3) is 0.899. The van der Waals surface area contributed by atoms with E-state index in [0.717, 1.165) is 11.5 Å². The van der Waals surface area contributed by atoms with Gasteiger partial charge in [-0.15, -0.1) is 14.8 Å². The van der Waals surface area contributed by atoms with E-state index in [1.165, 1.54) is 11.0 Å². The van der Waals surface area contributed by atoms with Gasteiger partial charge in [0, 0.05) is 7.05 Å². The molecule has 1 N–H and O–H groups in total. The van der Waals surface area contributed by atoms with Crippen LogP contribution in [0.25, 0.3) is 5.65 Å². The monoisotopic (exact) mass is 149 g/mol. The van der Waals surface area contributed by atoms with Gasteiger partial charge < -0.3 is 5.32 Å². The van der Waals surface area contributed by atoms with Gasteiger partial charge in [-0.1, -0.05) is 0 Å². The van der Waals surface area contributed by atoms with Gasteiger partial charge in [0.1, 0.15) is 12.1 Å². The zero-order chi connectivity index (χ0) is 7.68. The molecule has 0 atom stereocenters. The van der Waals surface area contributed by atoms with Crippen molar-refractivity contribution in [1.82, 2.24) is 19.8 Å². The third-order valence-corrected chi connectivity index (χ3v) is 1.40. The summed E-state index contributed by atoms with van der Waals surface area (Å²) in [7, 11) is 1.81. The van der Waals surface area contributed by atoms with Crippen LogP contribution in [-0.4, -0.2) is 26.9 Å². The Labute approximate surface area is 63.1 Å². The van der Waals surface area contributed by atoms with Crippen LogP contribution in [0, 0.1) is 0 Å². The molecule has 0 saturated carbocycles. The first-order valence-electron chi connectivity index (χ1n) is 3.25. The second-order valence-electron chi connectivity index (χ2n) is 2.08. The number of anilines is 1. The zero-order valence-electron chi connectivity index (χ0n) is 6.02. The molecule has 0 saturated heterocycles. The quantitative estimate of drug-likeness (QED) is 0.627. The molecule has 2 aromatic heterocycles. The molecule has 0 aliphatic heterocycles. The Bertz CT molecular complexity index is 366. The highest BCUT2D eigenvalue weighted by Crippen LogP contribution is 2.01. The van der Waals surface area contributed by atoms with Crippen LogP contribution in [0.1, 0.15) is 0 Å². The maximum absolute atomic E-state index is 4.09. The average molecular weight is 149 g/mol. The molecular weight excluding hydrogens is 142 g/mol. The Morgan fingerprint density at radius 1 is 1.45 bits per heavy atom. The number of nitrogens with zero attached hydrogens (tertiary/aromatic N) is 4. The van der Waals surface area contributed by atoms with E-state index < -0.39 is 0 Å². The summed E-state index contributed by atoms with van der Waals surface area (Å²) in [5, 5.41) is 10.9. The van der Waals surface area contributed by atoms with Crippen molar-refractivity contribution in [2.75, 3.05) is 12.4 Å². The van der Waals surface area contributed by atoms with Crippen molar-refractivity contribution in [3.63, 3.8) is 0 Å². The van der Waals surface area contributed by atoms with Gasteiger partial charge in [0.15, 0.2) is 5.65 Å². The molecular formula is C6H7N5. The summed E-state index contributed by atoms with van der Waals surface area (Å²) in [4.78, 5) is 3.96. The normalized spacial score (nSPS) is 10.3. The lowest BCUT2D eigenvalue weighted by molar-refractivity contribution is 0.803. The number of hydrogen-bond donors (Lipinski definition) is 1. The van der Waals surface area contributed by atoms with Gasteiger partial charge in [-0.2, -0.15) is 0 Å². The summed E-state index contributed by atoms with van der Waals surface area (Å²) in [6, 6.07) is 3.70. The molecule has 5 heteroatoms. The predicted octanol–water partition coefficient (Wildman–Crippen LogP) is 0.166. The summed E-state index contributed by atoms with van der Waals surface area (Å²) in [5.74, 6) is 0.781. The smallest absolute Gasteiger partial charge is 0.176 e. The minimum Gasteiger partial charge on any atom is -0.372 e. The van der Waals surface area contributed by atoms with Crippen molar-refractivity contribution >= 4 is 11.5 Å². The van der Waals surface area contributed by atoms with Crippen LogP contribution in [0.4, 0.5) is 5.82 Å². The highest BCUT2D eigenvalue weighted by molar-refractivity contribution is 5.42. The first-order valence-corrected chi connectivity index (χ1v) is 3.25. The van der Waals surface area contributed by atoms with E-state index in [1.807, 2.05) is 19.2 Å². The van der Waals surface area contributed by atoms with E-state index in [2.05, 4.69) is 20.5 Å². The summed E-state index contributed by atoms with van der Waals surface area (Å²) in [6.07, 6.45) is 1.47. The van der Waals surface area contributed by atoms with Crippen LogP contribution >= 0.6 is 0 Å². The lowest BCUT2D eigenvalue weighted by Crippen LogP contribution is -1.98. The number of nitrogens with one attached hydrogen (secondary N) is 1. The van der Waals surface area contributed by atoms with Gasteiger partial charge in [-0.05, 0) is 12.1 Å². The van der Waals surface area contributed by atoms with Gasteiger partial charge in [-0.25, -0.2) is 4.98 Å². The summed E-state index contributed by atoms with van der Waals surface area (Å²) in [6.45, 7) is 0. The molecule has 0 bridgehead atoms. The Kier molecular flexibility index (Phi) is 1.21. The zero-order valence-corrected chi connectivity index (χ0v) is 6.02. The van der Waals surface area contributed by atoms with Crippen LogP contribution < -0.4 is 5.32 Å². The lowest BCUT2D eigenvalue weighted by Gasteiger charge is -1.96. The highest BCUT2D eigenvalue weighted by Gasteiger charge is 1.95. The Hall–Kier alpha value is -1.65. The molecule has 0 aliphatic carbocycles. The van der Waals surface area contributed by atoms with E-state index in [9.17, 15) is 0 Å². The molecule has 0 aliphatic rings. The van der Waals surface area contributed by atoms with E-state index in [-0.39, 0.29) is 0 Å². The van der Waals surface area contributed by atoms with Crippen molar-refractivity contribution in [1.29, 1.82) is 0 Å². The van der Waals surface area contributed by atoms with Crippen LogP contribution in [0.2, 0.25) is 0 Å². The third-order valence-electron chi connectivity index (χ3n) is 1.40. The van der Waals surface area contributed by atoms with Crippen LogP contribution in [0.3, 0.4) is 0 Å². The molecule has 0 amide bonds. The highest BCUT2D eigenvalue weighted by atomic mass is 15.4. The van der Waals surface area contributed by atoms with Crippen molar-refractivity contribution in [2.45, 2.75) is 0 Å². The van der Waals surface area contributed by atoms with Crippen LogP contribution in [0.15, 0.2) is 18.5 Å². The van der Waals surface area contributed by atoms with Crippen molar-refractivity contribution in [3.05, 3.63) is 18.5 Å². The fraction of sp³-hybridized carbons (Fsp3) is 0.167. The minimum atomic E-state index is 0.754. The molecule has 0 radical (unpaired) electrons. The lowest BCUT2D eigenvalue weighted by atomic mass is 10.5. The maximum atomic E-state index is 4.09. The van der Waals surface area contributed by atoms with E-state index in [4.69, 9.17) is 0 Å². The Balaban J connectivity index is 2.67. The van der Waals surface area contributed by atoms with E-state index in [0.29, 0.717) is 0 Å². The van der Waals surface area contributed by atoms with Gasteiger partial charge in [0.2, 0.25) is 0 Å². The fourth-order valence-corrected chi connectivity index (χ4v) is 0.854. The van der Waals surface area contributed by atoms with Crippen molar-refractivity contribution in [2.24, 2.45) is 0 Å². The second-order valence-corrected chi connectivity index (χ2v) is 2.08. The molecule has 5 nitrogen and oxygen atoms in total. The van der Waals surface area contributed by atoms with Gasteiger partial charge in [0.05, 0.1) is 0 Å². The number of aromatic nitrogens is 4. The molecule has 2 aromatic rings. The van der Waals surface area contributed by atoms with Crippen molar-refractivity contribution in [3.8, 4) is 0 Å². The maximum Gasteiger partial charge on any atom is 0.176 e. The summed E-state index contributed by atoms with van der Waals surface area (Å²) >= 11 is 0. The molecule has 0 fully saturated rings. The van der Waals surface area contributed by atoms with E-state index in [1.54, 1.807) is 0 Å². The molecule has 0 aromatic carbocycles. The SMILES string of the molecule is CNc1ccc2ncnn2n1. The number of rotatable bonds is 1. The van der Waals surface area contributed by atoms with E-state index >= 15 is 0 Å².